The zero-order valence-electron chi connectivity index (χ0n) is 12.8. The van der Waals surface area contributed by atoms with Crippen molar-refractivity contribution in [2.45, 2.75) is 58.8 Å². The molecule has 114 valence electrons. The fraction of sp³-hybridized carbons (Fsp3) is 0.643. The Morgan fingerprint density at radius 2 is 1.85 bits per heavy atom. The maximum atomic E-state index is 12.3. The van der Waals surface area contributed by atoms with E-state index in [0.717, 1.165) is 23.2 Å². The van der Waals surface area contributed by atoms with Gasteiger partial charge in [-0.1, -0.05) is 30.1 Å². The van der Waals surface area contributed by atoms with E-state index < -0.39 is 11.0 Å². The van der Waals surface area contributed by atoms with E-state index in [0.29, 0.717) is 10.2 Å². The summed E-state index contributed by atoms with van der Waals surface area (Å²) in [6.07, 6.45) is 0.728. The summed E-state index contributed by atoms with van der Waals surface area (Å²) >= 11 is 12.7. The molecule has 1 heterocycles. The van der Waals surface area contributed by atoms with Crippen LogP contribution in [0.5, 0.6) is 0 Å². The second-order valence-electron chi connectivity index (χ2n) is 5.80. The number of nitrogens with one attached hydrogen (secondary N) is 1. The van der Waals surface area contributed by atoms with Crippen LogP contribution in [0, 0.1) is 13.8 Å². The van der Waals surface area contributed by atoms with Gasteiger partial charge in [0.25, 0.3) is 0 Å². The van der Waals surface area contributed by atoms with Gasteiger partial charge in [-0.3, -0.25) is 0 Å². The molecule has 0 aliphatic heterocycles. The SMILES string of the molecule is CCC(NS(=O)C(C)(C)C)c1c(Cl)nc(C)c(C)c1Cl. The second-order valence-corrected chi connectivity index (χ2v) is 8.53. The van der Waals surface area contributed by atoms with Gasteiger partial charge in [0.2, 0.25) is 0 Å². The molecule has 0 spiro atoms. The first-order chi connectivity index (χ1) is 9.09. The van der Waals surface area contributed by atoms with Crippen LogP contribution in [0.3, 0.4) is 0 Å². The van der Waals surface area contributed by atoms with E-state index >= 15 is 0 Å². The van der Waals surface area contributed by atoms with Crippen LogP contribution in [0.25, 0.3) is 0 Å². The molecule has 1 aromatic rings. The first kappa shape index (κ1) is 17.9. The summed E-state index contributed by atoms with van der Waals surface area (Å²) in [5, 5.41) is 0.983. The molecule has 0 bridgehead atoms. The average Bonchev–Trinajstić information content (AvgIpc) is 2.33. The molecule has 6 heteroatoms. The van der Waals surface area contributed by atoms with E-state index in [-0.39, 0.29) is 10.8 Å². The van der Waals surface area contributed by atoms with Crippen molar-refractivity contribution in [1.82, 2.24) is 9.71 Å². The van der Waals surface area contributed by atoms with Gasteiger partial charge in [0.1, 0.15) is 5.15 Å². The van der Waals surface area contributed by atoms with E-state index in [1.165, 1.54) is 0 Å². The van der Waals surface area contributed by atoms with Crippen LogP contribution in [0.4, 0.5) is 0 Å². The third-order valence-electron chi connectivity index (χ3n) is 3.16. The largest absolute Gasteiger partial charge is 0.242 e. The molecule has 0 saturated heterocycles. The summed E-state index contributed by atoms with van der Waals surface area (Å²) in [5.41, 5.74) is 2.46. The van der Waals surface area contributed by atoms with Crippen molar-refractivity contribution < 1.29 is 4.21 Å². The molecule has 0 saturated carbocycles. The molecule has 0 fully saturated rings. The molecular formula is C14H22Cl2N2OS. The second kappa shape index (κ2) is 6.73. The van der Waals surface area contributed by atoms with E-state index in [4.69, 9.17) is 23.2 Å². The zero-order valence-corrected chi connectivity index (χ0v) is 15.1. The number of nitrogens with zero attached hydrogens (tertiary/aromatic N) is 1. The van der Waals surface area contributed by atoms with E-state index in [1.54, 1.807) is 0 Å². The fourth-order valence-electron chi connectivity index (χ4n) is 1.69. The quantitative estimate of drug-likeness (QED) is 0.822. The maximum absolute atomic E-state index is 12.3. The van der Waals surface area contributed by atoms with Crippen LogP contribution in [0.15, 0.2) is 0 Å². The van der Waals surface area contributed by atoms with Crippen LogP contribution in [-0.4, -0.2) is 13.9 Å². The number of halogens is 2. The lowest BCUT2D eigenvalue weighted by Gasteiger charge is -2.25. The van der Waals surface area contributed by atoms with E-state index in [1.807, 2.05) is 41.5 Å². The molecule has 3 nitrogen and oxygen atoms in total. The third kappa shape index (κ3) is 3.94. The van der Waals surface area contributed by atoms with Crippen molar-refractivity contribution in [2.24, 2.45) is 0 Å². The molecule has 2 unspecified atom stereocenters. The minimum absolute atomic E-state index is 0.179. The van der Waals surface area contributed by atoms with Gasteiger partial charge in [0, 0.05) is 17.3 Å². The first-order valence-corrected chi connectivity index (χ1v) is 8.50. The van der Waals surface area contributed by atoms with Gasteiger partial charge < -0.3 is 0 Å². The van der Waals surface area contributed by atoms with Gasteiger partial charge in [-0.15, -0.1) is 0 Å². The Kier molecular flexibility index (Phi) is 6.02. The Morgan fingerprint density at radius 1 is 1.30 bits per heavy atom. The minimum atomic E-state index is -1.19. The van der Waals surface area contributed by atoms with Gasteiger partial charge in [0.05, 0.1) is 20.8 Å². The number of hydrogen-bond donors (Lipinski definition) is 1. The summed E-state index contributed by atoms with van der Waals surface area (Å²) in [6, 6.07) is -0.179. The van der Waals surface area contributed by atoms with Crippen molar-refractivity contribution >= 4 is 34.2 Å². The molecule has 0 aliphatic rings. The molecule has 0 aliphatic carbocycles. The summed E-state index contributed by atoms with van der Waals surface area (Å²) < 4.78 is 15.0. The standard InChI is InChI=1S/C14H22Cl2N2OS/c1-7-10(18-20(19)14(4,5)6)11-12(15)8(2)9(3)17-13(11)16/h10,18H,7H2,1-6H3. The highest BCUT2D eigenvalue weighted by atomic mass is 35.5. The first-order valence-electron chi connectivity index (χ1n) is 6.59. The molecule has 0 amide bonds. The lowest BCUT2D eigenvalue weighted by Crippen LogP contribution is -2.36. The number of pyridine rings is 1. The molecular weight excluding hydrogens is 315 g/mol. The van der Waals surface area contributed by atoms with Crippen LogP contribution in [0.2, 0.25) is 10.2 Å². The summed E-state index contributed by atoms with van der Waals surface area (Å²) in [4.78, 5) is 4.31. The average molecular weight is 337 g/mol. The number of aromatic nitrogens is 1. The predicted octanol–water partition coefficient (Wildman–Crippen LogP) is 4.51. The van der Waals surface area contributed by atoms with Crippen molar-refractivity contribution in [2.75, 3.05) is 0 Å². The van der Waals surface area contributed by atoms with Gasteiger partial charge in [-0.25, -0.2) is 13.9 Å². The zero-order chi connectivity index (χ0) is 15.7. The lowest BCUT2D eigenvalue weighted by molar-refractivity contribution is 0.587. The van der Waals surface area contributed by atoms with Crippen LogP contribution in [0.1, 0.15) is 57.0 Å². The Morgan fingerprint density at radius 3 is 2.30 bits per heavy atom. The van der Waals surface area contributed by atoms with Crippen LogP contribution >= 0.6 is 23.2 Å². The van der Waals surface area contributed by atoms with Crippen molar-refractivity contribution in [1.29, 1.82) is 0 Å². The highest BCUT2D eigenvalue weighted by Crippen LogP contribution is 2.34. The van der Waals surface area contributed by atoms with Crippen LogP contribution in [-0.2, 0) is 11.0 Å². The van der Waals surface area contributed by atoms with E-state index in [9.17, 15) is 4.21 Å². The fourth-order valence-corrected chi connectivity index (χ4v) is 3.35. The van der Waals surface area contributed by atoms with Gasteiger partial charge >= 0.3 is 0 Å². The van der Waals surface area contributed by atoms with Gasteiger partial charge in [-0.2, -0.15) is 0 Å². The lowest BCUT2D eigenvalue weighted by atomic mass is 10.0. The third-order valence-corrected chi connectivity index (χ3v) is 5.54. The highest BCUT2D eigenvalue weighted by Gasteiger charge is 2.26. The van der Waals surface area contributed by atoms with Gasteiger partial charge in [0.15, 0.2) is 0 Å². The number of aryl methyl sites for hydroxylation is 1. The monoisotopic (exact) mass is 336 g/mol. The Labute approximate surface area is 134 Å². The van der Waals surface area contributed by atoms with Crippen LogP contribution < -0.4 is 4.72 Å². The summed E-state index contributed by atoms with van der Waals surface area (Å²) in [6.45, 7) is 11.6. The predicted molar refractivity (Wildman–Crippen MR) is 87.8 cm³/mol. The van der Waals surface area contributed by atoms with Crippen molar-refractivity contribution in [3.05, 3.63) is 27.0 Å². The molecule has 20 heavy (non-hydrogen) atoms. The smallest absolute Gasteiger partial charge is 0.135 e. The Hall–Kier alpha value is -0.160. The molecule has 1 aromatic heterocycles. The Bertz CT molecular complexity index is 527. The summed E-state index contributed by atoms with van der Waals surface area (Å²) in [7, 11) is -1.19. The number of hydrogen-bond acceptors (Lipinski definition) is 2. The number of rotatable bonds is 4. The molecule has 1 N–H and O–H groups in total. The van der Waals surface area contributed by atoms with Gasteiger partial charge in [-0.05, 0) is 46.6 Å². The van der Waals surface area contributed by atoms with Crippen molar-refractivity contribution in [3.8, 4) is 0 Å². The summed E-state index contributed by atoms with van der Waals surface area (Å²) in [5.74, 6) is 0. The molecule has 2 atom stereocenters. The molecule has 0 radical (unpaired) electrons. The highest BCUT2D eigenvalue weighted by molar-refractivity contribution is 7.84. The Balaban J connectivity index is 3.21. The molecule has 0 aromatic carbocycles. The van der Waals surface area contributed by atoms with Crippen molar-refractivity contribution in [3.63, 3.8) is 0 Å². The molecule has 1 rings (SSSR count). The maximum Gasteiger partial charge on any atom is 0.135 e. The van der Waals surface area contributed by atoms with E-state index in [2.05, 4.69) is 9.71 Å². The normalized spacial score (nSPS) is 15.2. The topological polar surface area (TPSA) is 42.0 Å². The minimum Gasteiger partial charge on any atom is -0.242 e.